The SMILES string of the molecule is O=C(O)c1cnc(NCCc2nccs2)c([N+](=O)[O-])c1. The molecule has 0 aliphatic rings. The second kappa shape index (κ2) is 6.06. The molecule has 2 N–H and O–H groups in total. The van der Waals surface area contributed by atoms with Crippen molar-refractivity contribution in [3.8, 4) is 0 Å². The first-order valence-corrected chi connectivity index (χ1v) is 6.46. The zero-order chi connectivity index (χ0) is 14.5. The van der Waals surface area contributed by atoms with Gasteiger partial charge in [-0.15, -0.1) is 11.3 Å². The van der Waals surface area contributed by atoms with Gasteiger partial charge in [0.2, 0.25) is 5.82 Å². The molecule has 0 aliphatic heterocycles. The van der Waals surface area contributed by atoms with Crippen LogP contribution in [0.25, 0.3) is 0 Å². The number of aromatic nitrogens is 2. The highest BCUT2D eigenvalue weighted by molar-refractivity contribution is 7.09. The molecule has 0 aromatic carbocycles. The molecule has 0 aliphatic carbocycles. The second-order valence-corrected chi connectivity index (χ2v) is 4.74. The molecule has 8 nitrogen and oxygen atoms in total. The van der Waals surface area contributed by atoms with E-state index in [1.807, 2.05) is 5.38 Å². The number of anilines is 1. The van der Waals surface area contributed by atoms with Crippen molar-refractivity contribution in [3.63, 3.8) is 0 Å². The van der Waals surface area contributed by atoms with Gasteiger partial charge in [-0.1, -0.05) is 0 Å². The van der Waals surface area contributed by atoms with Gasteiger partial charge in [0.1, 0.15) is 0 Å². The van der Waals surface area contributed by atoms with Gasteiger partial charge in [-0.25, -0.2) is 14.8 Å². The molecule has 2 heterocycles. The van der Waals surface area contributed by atoms with Crippen LogP contribution < -0.4 is 5.32 Å². The predicted octanol–water partition coefficient (Wildman–Crippen LogP) is 1.80. The maximum atomic E-state index is 10.9. The van der Waals surface area contributed by atoms with Crippen molar-refractivity contribution in [2.24, 2.45) is 0 Å². The van der Waals surface area contributed by atoms with E-state index in [1.165, 1.54) is 11.3 Å². The summed E-state index contributed by atoms with van der Waals surface area (Å²) in [6.07, 6.45) is 3.38. The highest BCUT2D eigenvalue weighted by Gasteiger charge is 2.18. The fourth-order valence-electron chi connectivity index (χ4n) is 1.51. The van der Waals surface area contributed by atoms with Crippen LogP contribution in [0.3, 0.4) is 0 Å². The number of aromatic carboxylic acids is 1. The molecule has 0 saturated heterocycles. The summed E-state index contributed by atoms with van der Waals surface area (Å²) in [6, 6.07) is 0.987. The van der Waals surface area contributed by atoms with Crippen molar-refractivity contribution in [3.05, 3.63) is 44.5 Å². The van der Waals surface area contributed by atoms with Crippen LogP contribution >= 0.6 is 11.3 Å². The summed E-state index contributed by atoms with van der Waals surface area (Å²) in [6.45, 7) is 0.424. The van der Waals surface area contributed by atoms with Gasteiger partial charge >= 0.3 is 11.7 Å². The third kappa shape index (κ3) is 3.26. The summed E-state index contributed by atoms with van der Waals surface area (Å²) < 4.78 is 0. The summed E-state index contributed by atoms with van der Waals surface area (Å²) in [5.41, 5.74) is -0.578. The van der Waals surface area contributed by atoms with Crippen LogP contribution in [0.2, 0.25) is 0 Å². The number of rotatable bonds is 6. The highest BCUT2D eigenvalue weighted by atomic mass is 32.1. The summed E-state index contributed by atoms with van der Waals surface area (Å²) in [5, 5.41) is 25.3. The summed E-state index contributed by atoms with van der Waals surface area (Å²) in [4.78, 5) is 28.9. The normalized spacial score (nSPS) is 10.2. The van der Waals surface area contributed by atoms with Gasteiger partial charge in [-0.2, -0.15) is 0 Å². The van der Waals surface area contributed by atoms with E-state index in [-0.39, 0.29) is 17.1 Å². The largest absolute Gasteiger partial charge is 0.478 e. The van der Waals surface area contributed by atoms with E-state index in [0.29, 0.717) is 13.0 Å². The smallest absolute Gasteiger partial charge is 0.337 e. The summed E-state index contributed by atoms with van der Waals surface area (Å²) >= 11 is 1.49. The van der Waals surface area contributed by atoms with Gasteiger partial charge in [0, 0.05) is 36.8 Å². The van der Waals surface area contributed by atoms with E-state index >= 15 is 0 Å². The third-order valence-corrected chi connectivity index (χ3v) is 3.27. The van der Waals surface area contributed by atoms with Gasteiger partial charge in [0.15, 0.2) is 0 Å². The van der Waals surface area contributed by atoms with Crippen molar-refractivity contribution in [2.45, 2.75) is 6.42 Å². The van der Waals surface area contributed by atoms with Crippen LogP contribution in [0, 0.1) is 10.1 Å². The molecule has 0 fully saturated rings. The van der Waals surface area contributed by atoms with Crippen molar-refractivity contribution in [2.75, 3.05) is 11.9 Å². The molecule has 0 bridgehead atoms. The monoisotopic (exact) mass is 294 g/mol. The number of carboxylic acid groups (broad SMARTS) is 1. The number of nitrogens with one attached hydrogen (secondary N) is 1. The Labute approximate surface area is 117 Å². The van der Waals surface area contributed by atoms with Crippen molar-refractivity contribution in [1.82, 2.24) is 9.97 Å². The van der Waals surface area contributed by atoms with Crippen LogP contribution in [0.15, 0.2) is 23.8 Å². The first-order chi connectivity index (χ1) is 9.58. The van der Waals surface area contributed by atoms with Crippen molar-refractivity contribution < 1.29 is 14.8 Å². The number of nitrogens with zero attached hydrogens (tertiary/aromatic N) is 3. The van der Waals surface area contributed by atoms with Crippen molar-refractivity contribution >= 4 is 28.8 Å². The lowest BCUT2D eigenvalue weighted by Crippen LogP contribution is -2.09. The average Bonchev–Trinajstić information content (AvgIpc) is 2.91. The van der Waals surface area contributed by atoms with Crippen LogP contribution in [-0.2, 0) is 6.42 Å². The minimum atomic E-state index is -1.25. The Balaban J connectivity index is 2.10. The standard InChI is InChI=1S/C11H10N4O4S/c16-11(17)7-5-8(15(18)19)10(14-6-7)13-2-1-9-12-3-4-20-9/h3-6H,1-2H2,(H,13,14)(H,16,17). The average molecular weight is 294 g/mol. The van der Waals surface area contributed by atoms with Gasteiger partial charge in [-0.3, -0.25) is 10.1 Å². The minimum Gasteiger partial charge on any atom is -0.478 e. The first-order valence-electron chi connectivity index (χ1n) is 5.58. The molecule has 2 rings (SSSR count). The van der Waals surface area contributed by atoms with Gasteiger partial charge in [0.25, 0.3) is 0 Å². The first kappa shape index (κ1) is 13.9. The fraction of sp³-hybridized carbons (Fsp3) is 0.182. The molecule has 0 spiro atoms. The van der Waals surface area contributed by atoms with Gasteiger partial charge in [0.05, 0.1) is 15.5 Å². The predicted molar refractivity (Wildman–Crippen MR) is 72.2 cm³/mol. The van der Waals surface area contributed by atoms with E-state index < -0.39 is 10.9 Å². The Hall–Kier alpha value is -2.55. The maximum Gasteiger partial charge on any atom is 0.337 e. The lowest BCUT2D eigenvalue weighted by Gasteiger charge is -2.05. The lowest BCUT2D eigenvalue weighted by atomic mass is 10.2. The quantitative estimate of drug-likeness (QED) is 0.616. The Kier molecular flexibility index (Phi) is 4.20. The number of hydrogen-bond acceptors (Lipinski definition) is 7. The zero-order valence-electron chi connectivity index (χ0n) is 10.1. The maximum absolute atomic E-state index is 10.9. The topological polar surface area (TPSA) is 118 Å². The number of hydrogen-bond donors (Lipinski definition) is 2. The molecular formula is C11H10N4O4S. The third-order valence-electron chi connectivity index (χ3n) is 2.43. The zero-order valence-corrected chi connectivity index (χ0v) is 11.0. The molecule has 0 radical (unpaired) electrons. The molecule has 20 heavy (non-hydrogen) atoms. The summed E-state index contributed by atoms with van der Waals surface area (Å²) in [7, 11) is 0. The molecule has 0 saturated carbocycles. The van der Waals surface area contributed by atoms with Crippen LogP contribution in [-0.4, -0.2) is 32.5 Å². The van der Waals surface area contributed by atoms with E-state index in [9.17, 15) is 14.9 Å². The molecule has 0 atom stereocenters. The van der Waals surface area contributed by atoms with E-state index in [2.05, 4.69) is 15.3 Å². The Morgan fingerprint density at radius 1 is 1.50 bits per heavy atom. The lowest BCUT2D eigenvalue weighted by molar-refractivity contribution is -0.384. The van der Waals surface area contributed by atoms with Crippen LogP contribution in [0.4, 0.5) is 11.5 Å². The molecule has 2 aromatic rings. The number of nitro groups is 1. The molecular weight excluding hydrogens is 284 g/mol. The number of carboxylic acids is 1. The summed E-state index contributed by atoms with van der Waals surface area (Å²) in [5.74, 6) is -1.20. The molecule has 2 aromatic heterocycles. The highest BCUT2D eigenvalue weighted by Crippen LogP contribution is 2.22. The van der Waals surface area contributed by atoms with E-state index in [0.717, 1.165) is 17.3 Å². The van der Waals surface area contributed by atoms with Crippen LogP contribution in [0.5, 0.6) is 0 Å². The van der Waals surface area contributed by atoms with E-state index in [4.69, 9.17) is 5.11 Å². The molecule has 0 amide bonds. The van der Waals surface area contributed by atoms with Crippen molar-refractivity contribution in [1.29, 1.82) is 0 Å². The van der Waals surface area contributed by atoms with E-state index in [1.54, 1.807) is 6.20 Å². The fourth-order valence-corrected chi connectivity index (χ4v) is 2.13. The Bertz CT molecular complexity index is 629. The number of pyridine rings is 1. The van der Waals surface area contributed by atoms with Crippen LogP contribution in [0.1, 0.15) is 15.4 Å². The Morgan fingerprint density at radius 2 is 2.30 bits per heavy atom. The Morgan fingerprint density at radius 3 is 2.90 bits per heavy atom. The second-order valence-electron chi connectivity index (χ2n) is 3.76. The van der Waals surface area contributed by atoms with Gasteiger partial charge < -0.3 is 10.4 Å². The number of thiazole rings is 1. The molecule has 9 heteroatoms. The van der Waals surface area contributed by atoms with Gasteiger partial charge in [-0.05, 0) is 0 Å². The minimum absolute atomic E-state index is 0.0524. The molecule has 104 valence electrons. The number of carbonyl (C=O) groups is 1. The molecule has 0 unspecified atom stereocenters.